The summed E-state index contributed by atoms with van der Waals surface area (Å²) in [6.45, 7) is 0.952. The van der Waals surface area contributed by atoms with E-state index in [1.165, 1.54) is 13.5 Å². The molecule has 0 saturated carbocycles. The first kappa shape index (κ1) is 19.0. The van der Waals surface area contributed by atoms with Gasteiger partial charge in [-0.1, -0.05) is 6.42 Å². The first-order valence-corrected chi connectivity index (χ1v) is 9.75. The van der Waals surface area contributed by atoms with Crippen LogP contribution in [0.15, 0.2) is 42.5 Å². The molecule has 150 valence electrons. The maximum Gasteiger partial charge on any atom is 0.259 e. The molecule has 2 aromatic carbocycles. The van der Waals surface area contributed by atoms with E-state index in [0.29, 0.717) is 22.7 Å². The van der Waals surface area contributed by atoms with Gasteiger partial charge in [-0.15, -0.1) is 10.2 Å². The molecule has 3 aromatic rings. The average Bonchev–Trinajstić information content (AvgIpc) is 3.01. The SMILES string of the molecule is COc1ccc(C(=O)Nc2ccc(-c3nnc4n3CCCCC4)cc2)c(OC)c1. The number of benzene rings is 2. The highest BCUT2D eigenvalue weighted by molar-refractivity contribution is 6.06. The van der Waals surface area contributed by atoms with Gasteiger partial charge in [-0.3, -0.25) is 4.79 Å². The van der Waals surface area contributed by atoms with Gasteiger partial charge in [-0.05, 0) is 49.2 Å². The Morgan fingerprint density at radius 2 is 1.83 bits per heavy atom. The highest BCUT2D eigenvalue weighted by Crippen LogP contribution is 2.27. The van der Waals surface area contributed by atoms with E-state index in [0.717, 1.165) is 43.0 Å². The maximum absolute atomic E-state index is 12.7. The second kappa shape index (κ2) is 8.34. The van der Waals surface area contributed by atoms with E-state index < -0.39 is 0 Å². The van der Waals surface area contributed by atoms with E-state index in [2.05, 4.69) is 20.1 Å². The van der Waals surface area contributed by atoms with Crippen molar-refractivity contribution < 1.29 is 14.3 Å². The van der Waals surface area contributed by atoms with Crippen LogP contribution >= 0.6 is 0 Å². The highest BCUT2D eigenvalue weighted by atomic mass is 16.5. The molecule has 1 aliphatic rings. The molecule has 0 saturated heterocycles. The maximum atomic E-state index is 12.7. The van der Waals surface area contributed by atoms with Crippen molar-refractivity contribution in [3.05, 3.63) is 53.9 Å². The Morgan fingerprint density at radius 3 is 2.59 bits per heavy atom. The molecule has 1 amide bonds. The lowest BCUT2D eigenvalue weighted by Crippen LogP contribution is -2.13. The number of ether oxygens (including phenoxy) is 2. The Hall–Kier alpha value is -3.35. The molecule has 7 nitrogen and oxygen atoms in total. The van der Waals surface area contributed by atoms with Crippen LogP contribution < -0.4 is 14.8 Å². The minimum Gasteiger partial charge on any atom is -0.497 e. The van der Waals surface area contributed by atoms with Gasteiger partial charge in [-0.25, -0.2) is 0 Å². The van der Waals surface area contributed by atoms with Crippen molar-refractivity contribution in [2.24, 2.45) is 0 Å². The number of methoxy groups -OCH3 is 2. The minimum absolute atomic E-state index is 0.242. The Bertz CT molecular complexity index is 1010. The predicted octanol–water partition coefficient (Wildman–Crippen LogP) is 3.94. The van der Waals surface area contributed by atoms with E-state index in [4.69, 9.17) is 9.47 Å². The number of rotatable bonds is 5. The summed E-state index contributed by atoms with van der Waals surface area (Å²) in [4.78, 5) is 12.7. The molecule has 0 unspecified atom stereocenters. The second-order valence-corrected chi connectivity index (χ2v) is 7.00. The Labute approximate surface area is 169 Å². The van der Waals surface area contributed by atoms with Gasteiger partial charge in [0.25, 0.3) is 5.91 Å². The summed E-state index contributed by atoms with van der Waals surface area (Å²) in [5.74, 6) is 2.80. The summed E-state index contributed by atoms with van der Waals surface area (Å²) < 4.78 is 12.7. The van der Waals surface area contributed by atoms with Crippen LogP contribution in [0.3, 0.4) is 0 Å². The molecule has 0 radical (unpaired) electrons. The third kappa shape index (κ3) is 3.94. The van der Waals surface area contributed by atoms with Gasteiger partial charge in [0.1, 0.15) is 17.3 Å². The van der Waals surface area contributed by atoms with Crippen LogP contribution in [0.2, 0.25) is 0 Å². The molecule has 1 aromatic heterocycles. The molecule has 0 fully saturated rings. The largest absolute Gasteiger partial charge is 0.497 e. The zero-order valence-electron chi connectivity index (χ0n) is 16.6. The van der Waals surface area contributed by atoms with E-state index >= 15 is 0 Å². The minimum atomic E-state index is -0.242. The summed E-state index contributed by atoms with van der Waals surface area (Å²) in [5.41, 5.74) is 2.14. The molecule has 0 aliphatic carbocycles. The normalized spacial score (nSPS) is 13.3. The monoisotopic (exact) mass is 392 g/mol. The van der Waals surface area contributed by atoms with E-state index in [1.807, 2.05) is 24.3 Å². The summed E-state index contributed by atoms with van der Waals surface area (Å²) in [5, 5.41) is 11.7. The standard InChI is InChI=1S/C22H24N4O3/c1-28-17-11-12-18(19(14-17)29-2)22(27)23-16-9-7-15(8-10-16)21-25-24-20-6-4-3-5-13-26(20)21/h7-12,14H,3-6,13H2,1-2H3,(H,23,27). The zero-order chi connectivity index (χ0) is 20.2. The van der Waals surface area contributed by atoms with Crippen LogP contribution in [-0.2, 0) is 13.0 Å². The number of carbonyl (C=O) groups excluding carboxylic acids is 1. The van der Waals surface area contributed by atoms with Crippen molar-refractivity contribution in [1.82, 2.24) is 14.8 Å². The van der Waals surface area contributed by atoms with Crippen molar-refractivity contribution in [1.29, 1.82) is 0 Å². The number of fused-ring (bicyclic) bond motifs is 1. The number of amides is 1. The van der Waals surface area contributed by atoms with Crippen LogP contribution in [0.1, 0.15) is 35.4 Å². The lowest BCUT2D eigenvalue weighted by molar-refractivity contribution is 0.102. The smallest absolute Gasteiger partial charge is 0.259 e. The highest BCUT2D eigenvalue weighted by Gasteiger charge is 2.17. The summed E-state index contributed by atoms with van der Waals surface area (Å²) in [7, 11) is 3.10. The van der Waals surface area contributed by atoms with Crippen molar-refractivity contribution >= 4 is 11.6 Å². The van der Waals surface area contributed by atoms with Crippen LogP contribution in [0.5, 0.6) is 11.5 Å². The molecular weight excluding hydrogens is 368 g/mol. The number of nitrogens with one attached hydrogen (secondary N) is 1. The lowest BCUT2D eigenvalue weighted by atomic mass is 10.1. The van der Waals surface area contributed by atoms with Gasteiger partial charge in [0.15, 0.2) is 5.82 Å². The molecule has 0 spiro atoms. The van der Waals surface area contributed by atoms with E-state index in [-0.39, 0.29) is 5.91 Å². The molecular formula is C22H24N4O3. The van der Waals surface area contributed by atoms with Crippen molar-refractivity contribution in [3.8, 4) is 22.9 Å². The first-order chi connectivity index (χ1) is 14.2. The lowest BCUT2D eigenvalue weighted by Gasteiger charge is -2.11. The topological polar surface area (TPSA) is 78.3 Å². The first-order valence-electron chi connectivity index (χ1n) is 9.75. The number of carbonyl (C=O) groups is 1. The Kier molecular flexibility index (Phi) is 5.46. The fraction of sp³-hybridized carbons (Fsp3) is 0.318. The van der Waals surface area contributed by atoms with Crippen LogP contribution in [0.4, 0.5) is 5.69 Å². The van der Waals surface area contributed by atoms with Crippen molar-refractivity contribution in [2.45, 2.75) is 32.2 Å². The summed E-state index contributed by atoms with van der Waals surface area (Å²) in [6.07, 6.45) is 4.52. The number of hydrogen-bond acceptors (Lipinski definition) is 5. The molecule has 7 heteroatoms. The molecule has 0 atom stereocenters. The quantitative estimate of drug-likeness (QED) is 0.712. The molecule has 2 heterocycles. The van der Waals surface area contributed by atoms with Gasteiger partial charge in [-0.2, -0.15) is 0 Å². The summed E-state index contributed by atoms with van der Waals surface area (Å²) >= 11 is 0. The molecule has 0 bridgehead atoms. The van der Waals surface area contributed by atoms with Crippen LogP contribution in [0.25, 0.3) is 11.4 Å². The molecule has 29 heavy (non-hydrogen) atoms. The third-order valence-corrected chi connectivity index (χ3v) is 5.16. The van der Waals surface area contributed by atoms with Crippen LogP contribution in [0, 0.1) is 0 Å². The number of aromatic nitrogens is 3. The Morgan fingerprint density at radius 1 is 1.00 bits per heavy atom. The fourth-order valence-electron chi connectivity index (χ4n) is 3.59. The molecule has 1 N–H and O–H groups in total. The number of anilines is 1. The molecule has 4 rings (SSSR count). The van der Waals surface area contributed by atoms with Gasteiger partial charge in [0.2, 0.25) is 0 Å². The summed E-state index contributed by atoms with van der Waals surface area (Å²) in [6, 6.07) is 12.8. The Balaban J connectivity index is 1.52. The van der Waals surface area contributed by atoms with Gasteiger partial charge in [0, 0.05) is 30.3 Å². The van der Waals surface area contributed by atoms with Gasteiger partial charge in [0.05, 0.1) is 19.8 Å². The van der Waals surface area contributed by atoms with Crippen molar-refractivity contribution in [2.75, 3.05) is 19.5 Å². The fourth-order valence-corrected chi connectivity index (χ4v) is 3.59. The van der Waals surface area contributed by atoms with E-state index in [1.54, 1.807) is 25.3 Å². The van der Waals surface area contributed by atoms with Crippen LogP contribution in [-0.4, -0.2) is 34.9 Å². The second-order valence-electron chi connectivity index (χ2n) is 7.00. The van der Waals surface area contributed by atoms with E-state index in [9.17, 15) is 4.79 Å². The molecule has 1 aliphatic heterocycles. The zero-order valence-corrected chi connectivity index (χ0v) is 16.6. The number of hydrogen-bond donors (Lipinski definition) is 1. The predicted molar refractivity (Wildman–Crippen MR) is 111 cm³/mol. The van der Waals surface area contributed by atoms with Gasteiger partial charge < -0.3 is 19.4 Å². The number of aryl methyl sites for hydroxylation is 1. The average molecular weight is 392 g/mol. The van der Waals surface area contributed by atoms with Crippen molar-refractivity contribution in [3.63, 3.8) is 0 Å². The third-order valence-electron chi connectivity index (χ3n) is 5.16. The number of nitrogens with zero attached hydrogens (tertiary/aromatic N) is 3. The van der Waals surface area contributed by atoms with Gasteiger partial charge >= 0.3 is 0 Å².